The molecular formula is C14H12Br. The van der Waals surface area contributed by atoms with E-state index in [9.17, 15) is 0 Å². The van der Waals surface area contributed by atoms with Crippen LogP contribution in [0.5, 0.6) is 0 Å². The Morgan fingerprint density at radius 3 is 2.20 bits per heavy atom. The topological polar surface area (TPSA) is 0 Å². The summed E-state index contributed by atoms with van der Waals surface area (Å²) in [5.41, 5.74) is 2.61. The highest BCUT2D eigenvalue weighted by Gasteiger charge is 1.95. The number of benzene rings is 2. The molecule has 0 aliphatic carbocycles. The van der Waals surface area contributed by atoms with Crippen LogP contribution in [0.1, 0.15) is 11.1 Å². The van der Waals surface area contributed by atoms with Gasteiger partial charge < -0.3 is 0 Å². The van der Waals surface area contributed by atoms with Gasteiger partial charge in [0.25, 0.3) is 0 Å². The number of halogens is 1. The Labute approximate surface area is 99.1 Å². The predicted octanol–water partition coefficient (Wildman–Crippen LogP) is 4.24. The first-order chi connectivity index (χ1) is 7.34. The van der Waals surface area contributed by atoms with Crippen molar-refractivity contribution in [3.8, 4) is 0 Å². The molecule has 0 saturated carbocycles. The molecule has 0 amide bonds. The smallest absolute Gasteiger partial charge is 0.0175 e. The third-order valence-corrected chi connectivity index (χ3v) is 2.81. The fourth-order valence-corrected chi connectivity index (χ4v) is 1.71. The van der Waals surface area contributed by atoms with Crippen molar-refractivity contribution < 1.29 is 0 Å². The summed E-state index contributed by atoms with van der Waals surface area (Å²) in [5.74, 6) is 0. The normalized spacial score (nSPS) is 10.2. The van der Waals surface area contributed by atoms with E-state index in [1.807, 2.05) is 6.07 Å². The molecule has 0 atom stereocenters. The van der Waals surface area contributed by atoms with Gasteiger partial charge in [-0.05, 0) is 36.1 Å². The molecule has 0 fully saturated rings. The minimum atomic E-state index is 0.983. The monoisotopic (exact) mass is 259 g/mol. The van der Waals surface area contributed by atoms with Crippen molar-refractivity contribution in [3.05, 3.63) is 76.6 Å². The van der Waals surface area contributed by atoms with Gasteiger partial charge in [-0.3, -0.25) is 0 Å². The van der Waals surface area contributed by atoms with Gasteiger partial charge in [0.2, 0.25) is 0 Å². The van der Waals surface area contributed by atoms with Crippen LogP contribution in [-0.4, -0.2) is 0 Å². The molecule has 2 rings (SSSR count). The van der Waals surface area contributed by atoms with E-state index in [1.54, 1.807) is 0 Å². The van der Waals surface area contributed by atoms with Crippen molar-refractivity contribution in [1.29, 1.82) is 0 Å². The minimum Gasteiger partial charge on any atom is -0.0622 e. The Kier molecular flexibility index (Phi) is 3.57. The predicted molar refractivity (Wildman–Crippen MR) is 67.7 cm³/mol. The highest BCUT2D eigenvalue weighted by molar-refractivity contribution is 9.10. The molecule has 75 valence electrons. The third-order valence-electron chi connectivity index (χ3n) is 2.29. The summed E-state index contributed by atoms with van der Waals surface area (Å²) < 4.78 is 1.13. The van der Waals surface area contributed by atoms with E-state index in [1.165, 1.54) is 11.1 Å². The second-order valence-electron chi connectivity index (χ2n) is 3.45. The zero-order valence-electron chi connectivity index (χ0n) is 8.36. The first-order valence-corrected chi connectivity index (χ1v) is 5.76. The van der Waals surface area contributed by atoms with Gasteiger partial charge in [0.1, 0.15) is 0 Å². The molecule has 1 heteroatoms. The van der Waals surface area contributed by atoms with Crippen molar-refractivity contribution in [3.63, 3.8) is 0 Å². The summed E-state index contributed by atoms with van der Waals surface area (Å²) in [6.45, 7) is 0. The number of rotatable bonds is 3. The molecule has 2 aromatic rings. The fourth-order valence-electron chi connectivity index (χ4n) is 1.45. The van der Waals surface area contributed by atoms with Crippen molar-refractivity contribution in [2.75, 3.05) is 0 Å². The van der Waals surface area contributed by atoms with Crippen LogP contribution in [0.2, 0.25) is 0 Å². The van der Waals surface area contributed by atoms with E-state index in [2.05, 4.69) is 70.9 Å². The lowest BCUT2D eigenvalue weighted by molar-refractivity contribution is 1.16. The molecule has 0 saturated heterocycles. The maximum atomic E-state index is 3.43. The van der Waals surface area contributed by atoms with Gasteiger partial charge >= 0.3 is 0 Å². The van der Waals surface area contributed by atoms with E-state index in [0.717, 1.165) is 10.9 Å². The SMILES string of the molecule is Brc1ccc(C[CH]c2ccccc2)cc1. The standard InChI is InChI=1S/C14H12Br/c15-14-10-8-13(9-11-14)7-6-12-4-2-1-3-5-12/h1-6,8-11H,7H2. The maximum Gasteiger partial charge on any atom is 0.0175 e. The van der Waals surface area contributed by atoms with Crippen LogP contribution >= 0.6 is 15.9 Å². The summed E-state index contributed by atoms with van der Waals surface area (Å²) >= 11 is 3.43. The van der Waals surface area contributed by atoms with E-state index >= 15 is 0 Å². The van der Waals surface area contributed by atoms with Gasteiger partial charge in [0.05, 0.1) is 0 Å². The average Bonchev–Trinajstić information content (AvgIpc) is 2.30. The van der Waals surface area contributed by atoms with Crippen LogP contribution in [-0.2, 0) is 6.42 Å². The van der Waals surface area contributed by atoms with E-state index in [0.29, 0.717) is 0 Å². The molecule has 0 aromatic heterocycles. The van der Waals surface area contributed by atoms with Gasteiger partial charge in [-0.25, -0.2) is 0 Å². The quantitative estimate of drug-likeness (QED) is 0.774. The number of hydrogen-bond acceptors (Lipinski definition) is 0. The minimum absolute atomic E-state index is 0.983. The Morgan fingerprint density at radius 2 is 1.53 bits per heavy atom. The Bertz CT molecular complexity index is 403. The van der Waals surface area contributed by atoms with Crippen LogP contribution in [0.4, 0.5) is 0 Å². The van der Waals surface area contributed by atoms with Crippen LogP contribution in [0, 0.1) is 6.42 Å². The van der Waals surface area contributed by atoms with Crippen molar-refractivity contribution in [2.24, 2.45) is 0 Å². The molecule has 15 heavy (non-hydrogen) atoms. The van der Waals surface area contributed by atoms with E-state index in [4.69, 9.17) is 0 Å². The van der Waals surface area contributed by atoms with Gasteiger partial charge in [-0.2, -0.15) is 0 Å². The summed E-state index contributed by atoms with van der Waals surface area (Å²) in [6.07, 6.45) is 3.22. The average molecular weight is 260 g/mol. The largest absolute Gasteiger partial charge is 0.0622 e. The first kappa shape index (κ1) is 10.4. The van der Waals surface area contributed by atoms with Crippen molar-refractivity contribution in [1.82, 2.24) is 0 Å². The lowest BCUT2D eigenvalue weighted by atomic mass is 10.0. The second-order valence-corrected chi connectivity index (χ2v) is 4.36. The highest BCUT2D eigenvalue weighted by atomic mass is 79.9. The van der Waals surface area contributed by atoms with Crippen LogP contribution in [0.15, 0.2) is 59.1 Å². The van der Waals surface area contributed by atoms with Crippen LogP contribution in [0.3, 0.4) is 0 Å². The highest BCUT2D eigenvalue weighted by Crippen LogP contribution is 2.13. The van der Waals surface area contributed by atoms with E-state index < -0.39 is 0 Å². The Morgan fingerprint density at radius 1 is 0.867 bits per heavy atom. The lowest BCUT2D eigenvalue weighted by Crippen LogP contribution is -1.87. The zero-order chi connectivity index (χ0) is 10.5. The molecule has 0 aliphatic rings. The molecule has 0 unspecified atom stereocenters. The molecule has 0 spiro atoms. The van der Waals surface area contributed by atoms with Gasteiger partial charge in [-0.1, -0.05) is 58.4 Å². The summed E-state index contributed by atoms with van der Waals surface area (Å²) in [7, 11) is 0. The molecular weight excluding hydrogens is 248 g/mol. The Balaban J connectivity index is 1.96. The fraction of sp³-hybridized carbons (Fsp3) is 0.0714. The van der Waals surface area contributed by atoms with Crippen molar-refractivity contribution >= 4 is 15.9 Å². The molecule has 0 nitrogen and oxygen atoms in total. The van der Waals surface area contributed by atoms with Gasteiger partial charge in [-0.15, -0.1) is 0 Å². The maximum absolute atomic E-state index is 3.43. The van der Waals surface area contributed by atoms with Crippen LogP contribution < -0.4 is 0 Å². The molecule has 1 radical (unpaired) electrons. The van der Waals surface area contributed by atoms with Crippen LogP contribution in [0.25, 0.3) is 0 Å². The molecule has 0 N–H and O–H groups in total. The lowest BCUT2D eigenvalue weighted by Gasteiger charge is -2.01. The summed E-state index contributed by atoms with van der Waals surface area (Å²) in [5, 5.41) is 0. The summed E-state index contributed by atoms with van der Waals surface area (Å²) in [6, 6.07) is 18.9. The van der Waals surface area contributed by atoms with E-state index in [-0.39, 0.29) is 0 Å². The number of hydrogen-bond donors (Lipinski definition) is 0. The third kappa shape index (κ3) is 3.21. The molecule has 0 aliphatic heterocycles. The van der Waals surface area contributed by atoms with Crippen molar-refractivity contribution in [2.45, 2.75) is 6.42 Å². The van der Waals surface area contributed by atoms with Gasteiger partial charge in [0, 0.05) is 4.47 Å². The summed E-state index contributed by atoms with van der Waals surface area (Å²) in [4.78, 5) is 0. The van der Waals surface area contributed by atoms with Gasteiger partial charge in [0.15, 0.2) is 0 Å². The Hall–Kier alpha value is -1.08. The molecule has 2 aromatic carbocycles. The first-order valence-electron chi connectivity index (χ1n) is 4.97. The molecule has 0 bridgehead atoms. The molecule has 0 heterocycles. The second kappa shape index (κ2) is 5.13. The zero-order valence-corrected chi connectivity index (χ0v) is 9.94.